The fourth-order valence-corrected chi connectivity index (χ4v) is 3.70. The highest BCUT2D eigenvalue weighted by Gasteiger charge is 2.45. The van der Waals surface area contributed by atoms with Crippen molar-refractivity contribution >= 4 is 23.6 Å². The molecule has 0 radical (unpaired) electrons. The molecule has 1 aliphatic rings. The lowest BCUT2D eigenvalue weighted by Crippen LogP contribution is -2.51. The summed E-state index contributed by atoms with van der Waals surface area (Å²) in [7, 11) is 0. The van der Waals surface area contributed by atoms with E-state index in [4.69, 9.17) is 11.6 Å². The van der Waals surface area contributed by atoms with Gasteiger partial charge in [-0.2, -0.15) is 13.2 Å². The van der Waals surface area contributed by atoms with Gasteiger partial charge in [-0.25, -0.2) is 4.99 Å². The van der Waals surface area contributed by atoms with E-state index in [0.29, 0.717) is 22.7 Å². The standard InChI is InChI=1S/C19H18ClF3N2/c1-3-18(14-6-4-5-13(2)9-14)16-10-15(20)7-8-17(16)24-12-25(18)11-19(21,22)23/h4-10,12H,3,11H2,1-2H3. The van der Waals surface area contributed by atoms with Crippen LogP contribution in [0, 0.1) is 6.92 Å². The molecule has 25 heavy (non-hydrogen) atoms. The van der Waals surface area contributed by atoms with Crippen molar-refractivity contribution in [3.05, 3.63) is 64.2 Å². The molecule has 1 unspecified atom stereocenters. The Kier molecular flexibility index (Phi) is 4.54. The third-order valence-corrected chi connectivity index (χ3v) is 4.82. The van der Waals surface area contributed by atoms with Gasteiger partial charge in [0.05, 0.1) is 17.6 Å². The average Bonchev–Trinajstić information content (AvgIpc) is 2.53. The molecule has 2 nitrogen and oxygen atoms in total. The quantitative estimate of drug-likeness (QED) is 0.666. The molecule has 3 rings (SSSR count). The zero-order valence-electron chi connectivity index (χ0n) is 13.9. The van der Waals surface area contributed by atoms with Crippen molar-refractivity contribution in [3.8, 4) is 0 Å². The number of aryl methyl sites for hydroxylation is 1. The number of fused-ring (bicyclic) bond motifs is 1. The number of alkyl halides is 3. The smallest absolute Gasteiger partial charge is 0.340 e. The van der Waals surface area contributed by atoms with E-state index in [0.717, 1.165) is 11.1 Å². The second kappa shape index (κ2) is 6.37. The van der Waals surface area contributed by atoms with Crippen LogP contribution in [0.25, 0.3) is 0 Å². The Labute approximate surface area is 149 Å². The Hall–Kier alpha value is -2.01. The van der Waals surface area contributed by atoms with Gasteiger partial charge in [-0.1, -0.05) is 48.4 Å². The maximum absolute atomic E-state index is 13.2. The van der Waals surface area contributed by atoms with Crippen molar-refractivity contribution < 1.29 is 13.2 Å². The van der Waals surface area contributed by atoms with Crippen molar-refractivity contribution in [1.82, 2.24) is 4.90 Å². The average molecular weight is 367 g/mol. The van der Waals surface area contributed by atoms with E-state index < -0.39 is 18.3 Å². The molecule has 2 aromatic carbocycles. The molecule has 0 fully saturated rings. The van der Waals surface area contributed by atoms with Crippen molar-refractivity contribution in [1.29, 1.82) is 0 Å². The molecule has 0 bridgehead atoms. The van der Waals surface area contributed by atoms with Gasteiger partial charge >= 0.3 is 6.18 Å². The summed E-state index contributed by atoms with van der Waals surface area (Å²) in [5.41, 5.74) is 2.16. The summed E-state index contributed by atoms with van der Waals surface area (Å²) < 4.78 is 39.7. The summed E-state index contributed by atoms with van der Waals surface area (Å²) in [6.07, 6.45) is -2.59. The van der Waals surface area contributed by atoms with E-state index >= 15 is 0 Å². The van der Waals surface area contributed by atoms with E-state index in [1.807, 2.05) is 38.1 Å². The van der Waals surface area contributed by atoms with E-state index in [-0.39, 0.29) is 0 Å². The Balaban J connectivity index is 2.27. The number of halogens is 4. The molecule has 0 saturated carbocycles. The fraction of sp³-hybridized carbons (Fsp3) is 0.316. The zero-order chi connectivity index (χ0) is 18.2. The van der Waals surface area contributed by atoms with Crippen LogP contribution in [-0.2, 0) is 5.54 Å². The monoisotopic (exact) mass is 366 g/mol. The molecule has 1 atom stereocenters. The van der Waals surface area contributed by atoms with Crippen molar-refractivity contribution in [2.24, 2.45) is 4.99 Å². The zero-order valence-corrected chi connectivity index (χ0v) is 14.7. The van der Waals surface area contributed by atoms with Gasteiger partial charge in [-0.15, -0.1) is 0 Å². The highest BCUT2D eigenvalue weighted by atomic mass is 35.5. The van der Waals surface area contributed by atoms with Crippen LogP contribution in [0.2, 0.25) is 5.02 Å². The van der Waals surface area contributed by atoms with Crippen LogP contribution in [0.15, 0.2) is 47.5 Å². The van der Waals surface area contributed by atoms with Crippen LogP contribution in [0.4, 0.5) is 18.9 Å². The maximum atomic E-state index is 13.2. The van der Waals surface area contributed by atoms with Gasteiger partial charge in [-0.05, 0) is 37.1 Å². The molecule has 6 heteroatoms. The molecule has 0 N–H and O–H groups in total. The lowest BCUT2D eigenvalue weighted by atomic mass is 9.77. The van der Waals surface area contributed by atoms with E-state index in [1.54, 1.807) is 18.2 Å². The Morgan fingerprint density at radius 1 is 1.16 bits per heavy atom. The van der Waals surface area contributed by atoms with E-state index in [9.17, 15) is 13.2 Å². The number of rotatable bonds is 3. The normalized spacial score (nSPS) is 19.8. The number of hydrogen-bond acceptors (Lipinski definition) is 2. The van der Waals surface area contributed by atoms with Crippen LogP contribution in [0.3, 0.4) is 0 Å². The third-order valence-electron chi connectivity index (χ3n) is 4.59. The van der Waals surface area contributed by atoms with Crippen LogP contribution in [0.5, 0.6) is 0 Å². The van der Waals surface area contributed by atoms with Crippen molar-refractivity contribution in [2.45, 2.75) is 32.0 Å². The minimum absolute atomic E-state index is 0.450. The second-order valence-corrected chi connectivity index (χ2v) is 6.67. The van der Waals surface area contributed by atoms with Gasteiger partial charge < -0.3 is 4.90 Å². The van der Waals surface area contributed by atoms with Crippen molar-refractivity contribution in [2.75, 3.05) is 6.54 Å². The summed E-state index contributed by atoms with van der Waals surface area (Å²) in [5.74, 6) is 0. The van der Waals surface area contributed by atoms with Gasteiger partial charge in [0.25, 0.3) is 0 Å². The first-order valence-corrected chi connectivity index (χ1v) is 8.39. The predicted molar refractivity (Wildman–Crippen MR) is 94.6 cm³/mol. The third kappa shape index (κ3) is 3.25. The molecular weight excluding hydrogens is 349 g/mol. The maximum Gasteiger partial charge on any atom is 0.405 e. The molecule has 1 aliphatic heterocycles. The second-order valence-electron chi connectivity index (χ2n) is 6.23. The van der Waals surface area contributed by atoms with Crippen LogP contribution >= 0.6 is 11.6 Å². The lowest BCUT2D eigenvalue weighted by Gasteiger charge is -2.46. The van der Waals surface area contributed by atoms with Gasteiger partial charge in [0, 0.05) is 10.6 Å². The molecule has 0 saturated heterocycles. The van der Waals surface area contributed by atoms with E-state index in [1.165, 1.54) is 11.2 Å². The molecule has 0 amide bonds. The van der Waals surface area contributed by atoms with Gasteiger partial charge in [0.1, 0.15) is 6.54 Å². The molecule has 1 heterocycles. The molecule has 0 aromatic heterocycles. The summed E-state index contributed by atoms with van der Waals surface area (Å²) >= 11 is 6.17. The Morgan fingerprint density at radius 3 is 2.56 bits per heavy atom. The van der Waals surface area contributed by atoms with Gasteiger partial charge in [0.2, 0.25) is 0 Å². The number of nitrogens with zero attached hydrogens (tertiary/aromatic N) is 2. The van der Waals surface area contributed by atoms with Gasteiger partial charge in [0.15, 0.2) is 0 Å². The molecule has 2 aromatic rings. The minimum atomic E-state index is -4.34. The fourth-order valence-electron chi connectivity index (χ4n) is 3.53. The van der Waals surface area contributed by atoms with Gasteiger partial charge in [-0.3, -0.25) is 0 Å². The highest BCUT2D eigenvalue weighted by molar-refractivity contribution is 6.30. The summed E-state index contributed by atoms with van der Waals surface area (Å²) in [4.78, 5) is 5.51. The predicted octanol–water partition coefficient (Wildman–Crippen LogP) is 5.84. The first kappa shape index (κ1) is 17.8. The Morgan fingerprint density at radius 2 is 1.92 bits per heavy atom. The number of hydrogen-bond donors (Lipinski definition) is 0. The number of benzene rings is 2. The van der Waals surface area contributed by atoms with Crippen molar-refractivity contribution in [3.63, 3.8) is 0 Å². The van der Waals surface area contributed by atoms with Crippen LogP contribution in [-0.4, -0.2) is 24.0 Å². The largest absolute Gasteiger partial charge is 0.405 e. The SMILES string of the molecule is CCC1(c2cccc(C)c2)c2cc(Cl)ccc2N=CN1CC(F)(F)F. The summed E-state index contributed by atoms with van der Waals surface area (Å²) in [6.45, 7) is 2.73. The summed E-state index contributed by atoms with van der Waals surface area (Å²) in [6, 6.07) is 12.8. The van der Waals surface area contributed by atoms with Crippen LogP contribution < -0.4 is 0 Å². The number of aliphatic imine (C=N–C) groups is 1. The first-order chi connectivity index (χ1) is 11.8. The first-order valence-electron chi connectivity index (χ1n) is 8.01. The topological polar surface area (TPSA) is 15.6 Å². The molecular formula is C19H18ClF3N2. The molecule has 0 aliphatic carbocycles. The van der Waals surface area contributed by atoms with E-state index in [2.05, 4.69) is 4.99 Å². The minimum Gasteiger partial charge on any atom is -0.340 e. The van der Waals surface area contributed by atoms with Crippen LogP contribution in [0.1, 0.15) is 30.0 Å². The highest BCUT2D eigenvalue weighted by Crippen LogP contribution is 2.47. The molecule has 0 spiro atoms. The summed E-state index contributed by atoms with van der Waals surface area (Å²) in [5, 5.41) is 0.480. The lowest BCUT2D eigenvalue weighted by molar-refractivity contribution is -0.145. The Bertz CT molecular complexity index is 817. The molecule has 132 valence electrons.